The lowest BCUT2D eigenvalue weighted by Crippen LogP contribution is -2.15. The molecule has 0 atom stereocenters. The predicted molar refractivity (Wildman–Crippen MR) is 196 cm³/mol. The van der Waals surface area contributed by atoms with Gasteiger partial charge in [-0.05, 0) is 74.1 Å². The van der Waals surface area contributed by atoms with Crippen molar-refractivity contribution < 1.29 is 4.42 Å². The molecule has 0 fully saturated rings. The fourth-order valence-electron chi connectivity index (χ4n) is 7.59. The van der Waals surface area contributed by atoms with Crippen LogP contribution in [0.3, 0.4) is 0 Å². The summed E-state index contributed by atoms with van der Waals surface area (Å²) in [6.45, 7) is 4.60. The summed E-state index contributed by atoms with van der Waals surface area (Å²) >= 11 is 0. The Hall–Kier alpha value is -6.13. The van der Waals surface area contributed by atoms with E-state index < -0.39 is 0 Å². The molecule has 1 aliphatic carbocycles. The molecule has 48 heavy (non-hydrogen) atoms. The third-order valence-electron chi connectivity index (χ3n) is 10.1. The molecule has 0 N–H and O–H groups in total. The molecule has 226 valence electrons. The highest BCUT2D eigenvalue weighted by atomic mass is 16.3. The summed E-state index contributed by atoms with van der Waals surface area (Å²) in [4.78, 5) is 15.4. The van der Waals surface area contributed by atoms with E-state index in [1.807, 2.05) is 0 Å². The first kappa shape index (κ1) is 27.0. The molecule has 1 aliphatic rings. The van der Waals surface area contributed by atoms with Crippen LogP contribution in [0.5, 0.6) is 0 Å². The van der Waals surface area contributed by atoms with Crippen molar-refractivity contribution in [3.8, 4) is 45.3 Å². The number of hydrogen-bond donors (Lipinski definition) is 0. The lowest BCUT2D eigenvalue weighted by Gasteiger charge is -2.21. The zero-order valence-electron chi connectivity index (χ0n) is 26.5. The highest BCUT2D eigenvalue weighted by Gasteiger charge is 2.35. The van der Waals surface area contributed by atoms with Crippen LogP contribution in [0.25, 0.3) is 88.8 Å². The number of para-hydroxylation sites is 1. The van der Waals surface area contributed by atoms with Gasteiger partial charge >= 0.3 is 0 Å². The predicted octanol–water partition coefficient (Wildman–Crippen LogP) is 11.4. The molecule has 4 heteroatoms. The van der Waals surface area contributed by atoms with Gasteiger partial charge in [-0.25, -0.2) is 15.0 Å². The Balaban J connectivity index is 1.21. The van der Waals surface area contributed by atoms with Gasteiger partial charge in [-0.2, -0.15) is 0 Å². The normalized spacial score (nSPS) is 13.4. The fraction of sp³-hybridized carbons (Fsp3) is 0.0682. The van der Waals surface area contributed by atoms with Gasteiger partial charge in [0.1, 0.15) is 11.2 Å². The fourth-order valence-corrected chi connectivity index (χ4v) is 7.59. The zero-order valence-corrected chi connectivity index (χ0v) is 26.5. The van der Waals surface area contributed by atoms with Crippen LogP contribution < -0.4 is 0 Å². The van der Waals surface area contributed by atoms with Gasteiger partial charge in [-0.15, -0.1) is 0 Å². The second kappa shape index (κ2) is 9.93. The summed E-state index contributed by atoms with van der Waals surface area (Å²) in [7, 11) is 0. The quantitative estimate of drug-likeness (QED) is 0.198. The first-order valence-electron chi connectivity index (χ1n) is 16.4. The van der Waals surface area contributed by atoms with Crippen molar-refractivity contribution in [1.82, 2.24) is 15.0 Å². The van der Waals surface area contributed by atoms with Gasteiger partial charge in [-0.3, -0.25) is 0 Å². The molecular weight excluding hydrogens is 587 g/mol. The van der Waals surface area contributed by atoms with Crippen LogP contribution in [0.1, 0.15) is 25.0 Å². The Morgan fingerprint density at radius 1 is 0.438 bits per heavy atom. The second-order valence-corrected chi connectivity index (χ2v) is 13.3. The van der Waals surface area contributed by atoms with Crippen molar-refractivity contribution in [2.45, 2.75) is 19.3 Å². The number of nitrogens with zero attached hydrogens (tertiary/aromatic N) is 3. The summed E-state index contributed by atoms with van der Waals surface area (Å²) in [5.74, 6) is 1.85. The van der Waals surface area contributed by atoms with Crippen molar-refractivity contribution in [2.24, 2.45) is 0 Å². The van der Waals surface area contributed by atoms with Crippen LogP contribution in [0, 0.1) is 0 Å². The van der Waals surface area contributed by atoms with Gasteiger partial charge in [0, 0.05) is 27.3 Å². The molecule has 2 heterocycles. The Morgan fingerprint density at radius 2 is 1.04 bits per heavy atom. The van der Waals surface area contributed by atoms with Gasteiger partial charge in [0.25, 0.3) is 0 Å². The number of aromatic nitrogens is 3. The molecule has 0 bridgehead atoms. The molecule has 0 saturated heterocycles. The maximum Gasteiger partial charge on any atom is 0.167 e. The monoisotopic (exact) mass is 615 g/mol. The zero-order chi connectivity index (χ0) is 32.0. The Kier molecular flexibility index (Phi) is 5.59. The van der Waals surface area contributed by atoms with Gasteiger partial charge in [0.05, 0.1) is 5.56 Å². The average molecular weight is 616 g/mol. The van der Waals surface area contributed by atoms with E-state index in [2.05, 4.69) is 153 Å². The number of benzene rings is 7. The molecule has 0 spiro atoms. The van der Waals surface area contributed by atoms with Gasteiger partial charge in [0.15, 0.2) is 17.5 Å². The smallest absolute Gasteiger partial charge is 0.167 e. The van der Waals surface area contributed by atoms with E-state index in [1.54, 1.807) is 0 Å². The van der Waals surface area contributed by atoms with E-state index in [4.69, 9.17) is 19.4 Å². The van der Waals surface area contributed by atoms with Crippen molar-refractivity contribution in [2.75, 3.05) is 0 Å². The molecule has 0 radical (unpaired) electrons. The van der Waals surface area contributed by atoms with E-state index in [9.17, 15) is 0 Å². The molecule has 7 aromatic carbocycles. The van der Waals surface area contributed by atoms with Gasteiger partial charge in [0.2, 0.25) is 0 Å². The molecule has 0 saturated carbocycles. The lowest BCUT2D eigenvalue weighted by atomic mass is 9.82. The Labute approximate surface area is 277 Å². The molecule has 10 rings (SSSR count). The first-order valence-corrected chi connectivity index (χ1v) is 16.4. The summed E-state index contributed by atoms with van der Waals surface area (Å²) in [5, 5.41) is 6.77. The summed E-state index contributed by atoms with van der Waals surface area (Å²) < 4.78 is 6.62. The minimum absolute atomic E-state index is 0.137. The van der Waals surface area contributed by atoms with Crippen LogP contribution in [0.2, 0.25) is 0 Å². The number of hydrogen-bond acceptors (Lipinski definition) is 4. The number of furan rings is 1. The summed E-state index contributed by atoms with van der Waals surface area (Å²) in [5.41, 5.74) is 9.41. The van der Waals surface area contributed by atoms with Crippen molar-refractivity contribution >= 4 is 43.5 Å². The maximum absolute atomic E-state index is 6.62. The Bertz CT molecular complexity index is 2770. The first-order chi connectivity index (χ1) is 23.5. The van der Waals surface area contributed by atoms with Crippen LogP contribution in [-0.2, 0) is 5.41 Å². The Morgan fingerprint density at radius 3 is 1.85 bits per heavy atom. The maximum atomic E-state index is 6.62. The standard InChI is InChI=1S/C44H29N3O/c1-44(2)37-17-8-7-14-32(37)33-21-20-31(24-38(33)44)42-45-41(30-19-18-26-10-3-4-11-27(26)22-30)46-43(47-42)35-16-9-15-34-36-23-28-12-5-6-13-29(28)25-39(36)48-40(34)35/h3-25H,1-2H3. The van der Waals surface area contributed by atoms with E-state index in [-0.39, 0.29) is 5.41 Å². The minimum atomic E-state index is -0.137. The molecule has 2 aromatic heterocycles. The van der Waals surface area contributed by atoms with Gasteiger partial charge < -0.3 is 4.42 Å². The van der Waals surface area contributed by atoms with Gasteiger partial charge in [-0.1, -0.05) is 123 Å². The molecule has 4 nitrogen and oxygen atoms in total. The second-order valence-electron chi connectivity index (χ2n) is 13.3. The van der Waals surface area contributed by atoms with Crippen LogP contribution in [0.4, 0.5) is 0 Å². The summed E-state index contributed by atoms with van der Waals surface area (Å²) in [6.07, 6.45) is 0. The van der Waals surface area contributed by atoms with Crippen LogP contribution in [0.15, 0.2) is 144 Å². The molecule has 0 amide bonds. The van der Waals surface area contributed by atoms with E-state index >= 15 is 0 Å². The third kappa shape index (κ3) is 3.99. The molecule has 0 unspecified atom stereocenters. The molecular formula is C44H29N3O. The highest BCUT2D eigenvalue weighted by Crippen LogP contribution is 2.49. The lowest BCUT2D eigenvalue weighted by molar-refractivity contribution is 0.660. The minimum Gasteiger partial charge on any atom is -0.455 e. The van der Waals surface area contributed by atoms with Crippen molar-refractivity contribution in [3.63, 3.8) is 0 Å². The topological polar surface area (TPSA) is 51.8 Å². The SMILES string of the molecule is CC1(C)c2ccccc2-c2ccc(-c3nc(-c4ccc5ccccc5c4)nc(-c4cccc5c4oc4cc6ccccc6cc45)n3)cc21. The van der Waals surface area contributed by atoms with Crippen molar-refractivity contribution in [3.05, 3.63) is 151 Å². The number of fused-ring (bicyclic) bond motifs is 8. The number of rotatable bonds is 3. The average Bonchev–Trinajstić information content (AvgIpc) is 3.61. The molecule has 9 aromatic rings. The van der Waals surface area contributed by atoms with E-state index in [0.29, 0.717) is 17.5 Å². The van der Waals surface area contributed by atoms with Crippen molar-refractivity contribution in [1.29, 1.82) is 0 Å². The van der Waals surface area contributed by atoms with Crippen LogP contribution >= 0.6 is 0 Å². The van der Waals surface area contributed by atoms with E-state index in [1.165, 1.54) is 33.0 Å². The highest BCUT2D eigenvalue weighted by molar-refractivity contribution is 6.13. The summed E-state index contributed by atoms with van der Waals surface area (Å²) in [6, 6.07) is 49.1. The third-order valence-corrected chi connectivity index (χ3v) is 10.1. The molecule has 0 aliphatic heterocycles. The largest absolute Gasteiger partial charge is 0.455 e. The van der Waals surface area contributed by atoms with E-state index in [0.717, 1.165) is 49.4 Å². The van der Waals surface area contributed by atoms with Crippen LogP contribution in [-0.4, -0.2) is 15.0 Å².